The summed E-state index contributed by atoms with van der Waals surface area (Å²) in [5.74, 6) is 0.759. The minimum absolute atomic E-state index is 0. The first-order chi connectivity index (χ1) is 14.3. The van der Waals surface area contributed by atoms with Gasteiger partial charge in [0.15, 0.2) is 5.96 Å². The van der Waals surface area contributed by atoms with Crippen molar-refractivity contribution in [3.63, 3.8) is 0 Å². The summed E-state index contributed by atoms with van der Waals surface area (Å²) in [5, 5.41) is 20.5. The lowest BCUT2D eigenvalue weighted by Gasteiger charge is -2.18. The Morgan fingerprint density at radius 1 is 1.10 bits per heavy atom. The first kappa shape index (κ1) is 23.8. The van der Waals surface area contributed by atoms with Crippen molar-refractivity contribution < 1.29 is 5.11 Å². The number of aliphatic hydroxyl groups excluding tert-OH is 1. The van der Waals surface area contributed by atoms with E-state index < -0.39 is 0 Å². The lowest BCUT2D eigenvalue weighted by atomic mass is 10.0. The van der Waals surface area contributed by atoms with Gasteiger partial charge in [0.05, 0.1) is 19.7 Å². The third kappa shape index (κ3) is 7.42. The van der Waals surface area contributed by atoms with Crippen LogP contribution in [0.1, 0.15) is 29.5 Å². The van der Waals surface area contributed by atoms with E-state index in [9.17, 15) is 5.11 Å². The molecule has 3 rings (SSSR count). The first-order valence-electron chi connectivity index (χ1n) is 9.86. The summed E-state index contributed by atoms with van der Waals surface area (Å²) in [4.78, 5) is 8.68. The number of guanidine groups is 1. The number of nitrogens with zero attached hydrogens (tertiary/aromatic N) is 4. The Labute approximate surface area is 194 Å². The maximum Gasteiger partial charge on any atom is 0.191 e. The summed E-state index contributed by atoms with van der Waals surface area (Å²) in [6.45, 7) is 4.75. The zero-order valence-electron chi connectivity index (χ0n) is 17.1. The highest BCUT2D eigenvalue weighted by molar-refractivity contribution is 14.0. The van der Waals surface area contributed by atoms with E-state index in [-0.39, 0.29) is 36.5 Å². The largest absolute Gasteiger partial charge is 0.396 e. The maximum absolute atomic E-state index is 9.75. The van der Waals surface area contributed by atoms with Crippen LogP contribution in [0, 0.1) is 0 Å². The molecular weight excluding hydrogens is 491 g/mol. The Hall–Kier alpha value is -2.46. The highest BCUT2D eigenvalue weighted by Gasteiger charge is 2.10. The number of hydrogen-bond acceptors (Lipinski definition) is 4. The maximum atomic E-state index is 9.75. The molecule has 2 aromatic carbocycles. The molecular formula is C22H29IN6O. The summed E-state index contributed by atoms with van der Waals surface area (Å²) in [6, 6.07) is 18.3. The monoisotopic (exact) mass is 520 g/mol. The van der Waals surface area contributed by atoms with Crippen molar-refractivity contribution >= 4 is 29.9 Å². The van der Waals surface area contributed by atoms with Crippen molar-refractivity contribution in [2.75, 3.05) is 19.7 Å². The van der Waals surface area contributed by atoms with Gasteiger partial charge in [-0.15, -0.1) is 24.0 Å². The van der Waals surface area contributed by atoms with Gasteiger partial charge in [-0.05, 0) is 23.6 Å². The van der Waals surface area contributed by atoms with Gasteiger partial charge >= 0.3 is 0 Å². The third-order valence-corrected chi connectivity index (χ3v) is 4.57. The van der Waals surface area contributed by atoms with Crippen LogP contribution in [-0.4, -0.2) is 45.5 Å². The first-order valence-corrected chi connectivity index (χ1v) is 9.86. The second-order valence-corrected chi connectivity index (χ2v) is 6.78. The van der Waals surface area contributed by atoms with Crippen molar-refractivity contribution in [3.05, 3.63) is 83.9 Å². The highest BCUT2D eigenvalue weighted by atomic mass is 127. The summed E-state index contributed by atoms with van der Waals surface area (Å²) >= 11 is 0. The van der Waals surface area contributed by atoms with Gasteiger partial charge in [-0.3, -0.25) is 0 Å². The SMILES string of the molecule is CCNC(=NCc1cccc(Cn2cncn2)c1)NCC(CO)c1ccccc1.I. The Kier molecular flexibility index (Phi) is 10.3. The Bertz CT molecular complexity index is 886. The van der Waals surface area contributed by atoms with Gasteiger partial charge in [-0.1, -0.05) is 54.6 Å². The van der Waals surface area contributed by atoms with Gasteiger partial charge in [0.1, 0.15) is 12.7 Å². The normalized spacial score (nSPS) is 12.1. The van der Waals surface area contributed by atoms with Crippen molar-refractivity contribution in [1.29, 1.82) is 0 Å². The van der Waals surface area contributed by atoms with Crippen LogP contribution in [0.15, 0.2) is 72.2 Å². The molecule has 1 atom stereocenters. The molecule has 0 saturated heterocycles. The molecule has 1 unspecified atom stereocenters. The molecule has 0 aliphatic heterocycles. The smallest absolute Gasteiger partial charge is 0.191 e. The molecule has 160 valence electrons. The van der Waals surface area contributed by atoms with E-state index in [0.717, 1.165) is 29.2 Å². The number of aliphatic imine (C=N–C) groups is 1. The number of aromatic nitrogens is 3. The minimum Gasteiger partial charge on any atom is -0.396 e. The van der Waals surface area contributed by atoms with Crippen molar-refractivity contribution in [2.45, 2.75) is 25.9 Å². The molecule has 0 bridgehead atoms. The molecule has 1 aromatic heterocycles. The molecule has 0 saturated carbocycles. The molecule has 0 aliphatic rings. The fourth-order valence-corrected chi connectivity index (χ4v) is 3.07. The fourth-order valence-electron chi connectivity index (χ4n) is 3.07. The highest BCUT2D eigenvalue weighted by Crippen LogP contribution is 2.13. The molecule has 8 heteroatoms. The van der Waals surface area contributed by atoms with E-state index in [1.54, 1.807) is 11.0 Å². The van der Waals surface area contributed by atoms with Crippen LogP contribution in [0.5, 0.6) is 0 Å². The van der Waals surface area contributed by atoms with Crippen LogP contribution in [0.3, 0.4) is 0 Å². The van der Waals surface area contributed by atoms with Crippen LogP contribution in [0.4, 0.5) is 0 Å². The minimum atomic E-state index is 0. The Balaban J connectivity index is 0.00000320. The van der Waals surface area contributed by atoms with E-state index >= 15 is 0 Å². The lowest BCUT2D eigenvalue weighted by molar-refractivity contribution is 0.265. The summed E-state index contributed by atoms with van der Waals surface area (Å²) in [5.41, 5.74) is 3.39. The molecule has 0 amide bonds. The van der Waals surface area contributed by atoms with Gasteiger partial charge in [0.2, 0.25) is 0 Å². The topological polar surface area (TPSA) is 87.4 Å². The number of aliphatic hydroxyl groups is 1. The fraction of sp³-hybridized carbons (Fsp3) is 0.318. The number of benzene rings is 2. The predicted molar refractivity (Wildman–Crippen MR) is 130 cm³/mol. The van der Waals surface area contributed by atoms with Crippen molar-refractivity contribution in [2.24, 2.45) is 4.99 Å². The van der Waals surface area contributed by atoms with Crippen LogP contribution in [0.2, 0.25) is 0 Å². The lowest BCUT2D eigenvalue weighted by Crippen LogP contribution is -2.39. The Morgan fingerprint density at radius 3 is 2.60 bits per heavy atom. The second-order valence-electron chi connectivity index (χ2n) is 6.78. The molecule has 1 heterocycles. The van der Waals surface area contributed by atoms with Crippen LogP contribution in [-0.2, 0) is 13.1 Å². The molecule has 0 spiro atoms. The van der Waals surface area contributed by atoms with E-state index in [1.807, 2.05) is 43.3 Å². The molecule has 3 N–H and O–H groups in total. The molecule has 7 nitrogen and oxygen atoms in total. The average Bonchev–Trinajstić information content (AvgIpc) is 3.26. The second kappa shape index (κ2) is 13.0. The van der Waals surface area contributed by atoms with Gasteiger partial charge in [0.25, 0.3) is 0 Å². The van der Waals surface area contributed by atoms with E-state index in [1.165, 1.54) is 6.33 Å². The standard InChI is InChI=1S/C22H28N6O.HI/c1-2-24-22(26-13-21(15-29)20-9-4-3-5-10-20)25-12-18-7-6-8-19(11-18)14-28-17-23-16-27-28;/h3-11,16-17,21,29H,2,12-15H2,1H3,(H2,24,25,26);1H. The van der Waals surface area contributed by atoms with E-state index in [0.29, 0.717) is 19.6 Å². The zero-order chi connectivity index (χ0) is 20.3. The van der Waals surface area contributed by atoms with Crippen molar-refractivity contribution in [3.8, 4) is 0 Å². The van der Waals surface area contributed by atoms with Gasteiger partial charge < -0.3 is 15.7 Å². The molecule has 0 aliphatic carbocycles. The predicted octanol–water partition coefficient (Wildman–Crippen LogP) is 2.78. The summed E-state index contributed by atoms with van der Waals surface area (Å²) < 4.78 is 1.80. The number of nitrogens with one attached hydrogen (secondary N) is 2. The number of hydrogen-bond donors (Lipinski definition) is 3. The van der Waals surface area contributed by atoms with Crippen LogP contribution >= 0.6 is 24.0 Å². The number of halogens is 1. The molecule has 0 fully saturated rings. The third-order valence-electron chi connectivity index (χ3n) is 4.57. The molecule has 0 radical (unpaired) electrons. The molecule has 3 aromatic rings. The zero-order valence-corrected chi connectivity index (χ0v) is 19.4. The van der Waals surface area contributed by atoms with E-state index in [2.05, 4.69) is 38.9 Å². The van der Waals surface area contributed by atoms with E-state index in [4.69, 9.17) is 4.99 Å². The summed E-state index contributed by atoms with van der Waals surface area (Å²) in [7, 11) is 0. The molecule has 30 heavy (non-hydrogen) atoms. The van der Waals surface area contributed by atoms with Gasteiger partial charge in [0, 0.05) is 19.0 Å². The van der Waals surface area contributed by atoms with Crippen LogP contribution in [0.25, 0.3) is 0 Å². The van der Waals surface area contributed by atoms with Crippen LogP contribution < -0.4 is 10.6 Å². The number of rotatable bonds is 9. The van der Waals surface area contributed by atoms with Crippen molar-refractivity contribution in [1.82, 2.24) is 25.4 Å². The van der Waals surface area contributed by atoms with Gasteiger partial charge in [-0.25, -0.2) is 14.7 Å². The van der Waals surface area contributed by atoms with Gasteiger partial charge in [-0.2, -0.15) is 5.10 Å². The average molecular weight is 520 g/mol. The Morgan fingerprint density at radius 2 is 1.90 bits per heavy atom. The summed E-state index contributed by atoms with van der Waals surface area (Å²) in [6.07, 6.45) is 3.25. The quantitative estimate of drug-likeness (QED) is 0.230.